The second-order valence-corrected chi connectivity index (χ2v) is 7.90. The van der Waals surface area contributed by atoms with E-state index in [-0.39, 0.29) is 17.7 Å². The van der Waals surface area contributed by atoms with Crippen LogP contribution in [-0.4, -0.2) is 17.7 Å². The second-order valence-electron chi connectivity index (χ2n) is 5.98. The minimum absolute atomic E-state index is 0.0257. The molecule has 0 aliphatic heterocycles. The summed E-state index contributed by atoms with van der Waals surface area (Å²) in [5.74, 6) is 1.32. The molecule has 0 N–H and O–H groups in total. The average Bonchev–Trinajstić information content (AvgIpc) is 2.48. The van der Waals surface area contributed by atoms with Gasteiger partial charge in [0.2, 0.25) is 0 Å². The van der Waals surface area contributed by atoms with Crippen molar-refractivity contribution in [3.05, 3.63) is 52.0 Å². The van der Waals surface area contributed by atoms with E-state index in [0.29, 0.717) is 35.3 Å². The molecule has 2 aromatic rings. The van der Waals surface area contributed by atoms with Gasteiger partial charge in [-0.3, -0.25) is 0 Å². The predicted molar refractivity (Wildman–Crippen MR) is 105 cm³/mol. The summed E-state index contributed by atoms with van der Waals surface area (Å²) in [5, 5.41) is 14.1. The first-order valence-corrected chi connectivity index (χ1v) is 9.60. The van der Waals surface area contributed by atoms with Gasteiger partial charge in [-0.1, -0.05) is 37.5 Å². The number of hydrogen-bond donors (Lipinski definition) is 0. The van der Waals surface area contributed by atoms with Gasteiger partial charge in [-0.25, -0.2) is 0 Å². The fourth-order valence-electron chi connectivity index (χ4n) is 2.15. The maximum absolute atomic E-state index is 12.7. The summed E-state index contributed by atoms with van der Waals surface area (Å²) < 4.78 is 11.6. The van der Waals surface area contributed by atoms with Gasteiger partial charge in [-0.2, -0.15) is 0 Å². The smallest absolute Gasteiger partial charge is 0.135 e. The largest absolute Gasteiger partial charge is 0.823 e. The monoisotopic (exact) mass is 397 g/mol. The molecular formula is C19H20Cl2O3P-. The molecule has 0 fully saturated rings. The lowest BCUT2D eigenvalue weighted by Crippen LogP contribution is -2.20. The molecule has 25 heavy (non-hydrogen) atoms. The molecule has 3 nitrogen and oxygen atoms in total. The zero-order valence-electron chi connectivity index (χ0n) is 14.5. The quantitative estimate of drug-likeness (QED) is 0.664. The lowest BCUT2D eigenvalue weighted by molar-refractivity contribution is -0.206. The van der Waals surface area contributed by atoms with E-state index < -0.39 is 0 Å². The van der Waals surface area contributed by atoms with Crippen LogP contribution in [0.25, 0.3) is 0 Å². The van der Waals surface area contributed by atoms with E-state index in [1.54, 1.807) is 18.2 Å². The molecule has 2 rings (SSSR count). The van der Waals surface area contributed by atoms with Crippen molar-refractivity contribution < 1.29 is 14.6 Å². The molecule has 0 saturated carbocycles. The topological polar surface area (TPSA) is 41.5 Å². The van der Waals surface area contributed by atoms with Gasteiger partial charge in [0, 0.05) is 27.0 Å². The highest BCUT2D eigenvalue weighted by Crippen LogP contribution is 2.28. The first kappa shape index (κ1) is 20.1. The third kappa shape index (κ3) is 5.62. The highest BCUT2D eigenvalue weighted by atomic mass is 35.5. The summed E-state index contributed by atoms with van der Waals surface area (Å²) in [6.45, 7) is 7.78. The SMILES string of the molecule is CC(C)Oc1ccc(P=C([O-])c2c(Cl)cccc2Cl)c(OC(C)C)c1. The van der Waals surface area contributed by atoms with Crippen LogP contribution in [0.1, 0.15) is 33.3 Å². The predicted octanol–water partition coefficient (Wildman–Crippen LogP) is 4.68. The summed E-state index contributed by atoms with van der Waals surface area (Å²) in [7, 11) is 0.442. The zero-order chi connectivity index (χ0) is 18.6. The van der Waals surface area contributed by atoms with Crippen LogP contribution in [0.5, 0.6) is 11.5 Å². The van der Waals surface area contributed by atoms with E-state index >= 15 is 0 Å². The average molecular weight is 398 g/mol. The Balaban J connectivity index is 2.46. The van der Waals surface area contributed by atoms with Crippen molar-refractivity contribution in [2.45, 2.75) is 39.9 Å². The van der Waals surface area contributed by atoms with Crippen molar-refractivity contribution in [3.8, 4) is 11.5 Å². The Bertz CT molecular complexity index is 753. The van der Waals surface area contributed by atoms with Crippen LogP contribution in [-0.2, 0) is 0 Å². The van der Waals surface area contributed by atoms with Crippen molar-refractivity contribution >= 4 is 42.2 Å². The fraction of sp³-hybridized carbons (Fsp3) is 0.316. The molecule has 0 heterocycles. The molecule has 134 valence electrons. The summed E-state index contributed by atoms with van der Waals surface area (Å²) in [5.41, 5.74) is 0.146. The highest BCUT2D eigenvalue weighted by Gasteiger charge is 2.10. The molecule has 0 radical (unpaired) electrons. The molecule has 0 aromatic heterocycles. The summed E-state index contributed by atoms with van der Waals surface area (Å²) >= 11 is 12.3. The Morgan fingerprint density at radius 3 is 2.12 bits per heavy atom. The van der Waals surface area contributed by atoms with Gasteiger partial charge in [0.05, 0.1) is 12.2 Å². The minimum atomic E-state index is -0.179. The first-order chi connectivity index (χ1) is 11.8. The van der Waals surface area contributed by atoms with Crippen LogP contribution in [0.15, 0.2) is 36.4 Å². The van der Waals surface area contributed by atoms with Crippen molar-refractivity contribution in [1.29, 1.82) is 0 Å². The van der Waals surface area contributed by atoms with Gasteiger partial charge in [0.1, 0.15) is 11.5 Å². The van der Waals surface area contributed by atoms with Gasteiger partial charge in [-0.15, -0.1) is 5.48 Å². The standard InChI is InChI=1S/C19H21Cl2O3P/c1-11(2)23-13-8-9-17(16(10-13)24-12(3)4)25-19(22)18-14(20)6-5-7-15(18)21/h5-12,22H,1-4H3/p-1. The normalized spacial score (nSPS) is 12.0. The van der Waals surface area contributed by atoms with Crippen LogP contribution in [0.3, 0.4) is 0 Å². The Kier molecular flexibility index (Phi) is 7.15. The summed E-state index contributed by atoms with van der Waals surface area (Å²) in [6, 6.07) is 10.5. The number of rotatable bonds is 6. The lowest BCUT2D eigenvalue weighted by atomic mass is 10.2. The maximum Gasteiger partial charge on any atom is 0.135 e. The molecule has 0 aliphatic carbocycles. The van der Waals surface area contributed by atoms with Crippen LogP contribution in [0.4, 0.5) is 0 Å². The molecule has 0 amide bonds. The van der Waals surface area contributed by atoms with Crippen LogP contribution in [0.2, 0.25) is 10.0 Å². The third-order valence-corrected chi connectivity index (χ3v) is 4.73. The Hall–Kier alpha value is -1.25. The van der Waals surface area contributed by atoms with Crippen molar-refractivity contribution in [1.82, 2.24) is 0 Å². The van der Waals surface area contributed by atoms with E-state index in [1.807, 2.05) is 45.9 Å². The molecule has 0 aliphatic rings. The fourth-order valence-corrected chi connectivity index (χ4v) is 3.80. The van der Waals surface area contributed by atoms with E-state index in [0.717, 1.165) is 5.30 Å². The van der Waals surface area contributed by atoms with Gasteiger partial charge in [-0.05, 0) is 52.0 Å². The Labute approximate surface area is 160 Å². The van der Waals surface area contributed by atoms with E-state index in [4.69, 9.17) is 32.7 Å². The van der Waals surface area contributed by atoms with Gasteiger partial charge in [0.15, 0.2) is 0 Å². The van der Waals surface area contributed by atoms with E-state index in [1.165, 1.54) is 0 Å². The molecule has 2 aromatic carbocycles. The van der Waals surface area contributed by atoms with E-state index in [2.05, 4.69) is 0 Å². The molecule has 6 heteroatoms. The lowest BCUT2D eigenvalue weighted by Gasteiger charge is -2.19. The van der Waals surface area contributed by atoms with Crippen LogP contribution in [0, 0.1) is 0 Å². The number of benzene rings is 2. The molecule has 0 saturated heterocycles. The molecule has 0 bridgehead atoms. The number of ether oxygens (including phenoxy) is 2. The number of hydrogen-bond acceptors (Lipinski definition) is 3. The molecule has 0 spiro atoms. The van der Waals surface area contributed by atoms with Crippen LogP contribution >= 0.6 is 31.4 Å². The summed E-state index contributed by atoms with van der Waals surface area (Å²) in [4.78, 5) is 0. The maximum atomic E-state index is 12.7. The minimum Gasteiger partial charge on any atom is -0.823 e. The molecule has 0 unspecified atom stereocenters. The first-order valence-electron chi connectivity index (χ1n) is 7.95. The van der Waals surface area contributed by atoms with Crippen molar-refractivity contribution in [2.75, 3.05) is 0 Å². The van der Waals surface area contributed by atoms with Crippen LogP contribution < -0.4 is 19.9 Å². The highest BCUT2D eigenvalue weighted by molar-refractivity contribution is 7.49. The van der Waals surface area contributed by atoms with Gasteiger partial charge in [0.25, 0.3) is 0 Å². The van der Waals surface area contributed by atoms with Gasteiger partial charge >= 0.3 is 0 Å². The summed E-state index contributed by atoms with van der Waals surface area (Å²) in [6.07, 6.45) is 0.0288. The van der Waals surface area contributed by atoms with Crippen molar-refractivity contribution in [3.63, 3.8) is 0 Å². The second kappa shape index (κ2) is 8.91. The zero-order valence-corrected chi connectivity index (χ0v) is 17.0. The third-order valence-electron chi connectivity index (χ3n) is 3.06. The van der Waals surface area contributed by atoms with E-state index in [9.17, 15) is 5.11 Å². The Morgan fingerprint density at radius 1 is 0.960 bits per heavy atom. The molecular weight excluding hydrogens is 378 g/mol. The van der Waals surface area contributed by atoms with Gasteiger partial charge < -0.3 is 14.6 Å². The molecule has 0 atom stereocenters. The number of halogens is 2. The Morgan fingerprint density at radius 2 is 1.56 bits per heavy atom. The van der Waals surface area contributed by atoms with Crippen molar-refractivity contribution in [2.24, 2.45) is 0 Å².